The van der Waals surface area contributed by atoms with E-state index in [-0.39, 0.29) is 0 Å². The molecule has 22 heavy (non-hydrogen) atoms. The van der Waals surface area contributed by atoms with E-state index in [0.717, 1.165) is 0 Å². The lowest BCUT2D eigenvalue weighted by Crippen LogP contribution is -2.18. The van der Waals surface area contributed by atoms with Crippen molar-refractivity contribution in [3.8, 4) is 0 Å². The molecule has 3 atom stereocenters. The minimum absolute atomic E-state index is 0.520. The molecule has 0 fully saturated rings. The van der Waals surface area contributed by atoms with Crippen LogP contribution in [0.15, 0.2) is 60.2 Å². The third-order valence-electron chi connectivity index (χ3n) is 5.08. The van der Waals surface area contributed by atoms with Crippen LogP contribution in [0.2, 0.25) is 0 Å². The lowest BCUT2D eigenvalue weighted by atomic mass is 9.76. The molecule has 3 unspecified atom stereocenters. The fourth-order valence-electron chi connectivity index (χ4n) is 3.69. The van der Waals surface area contributed by atoms with Crippen molar-refractivity contribution >= 4 is 5.57 Å². The first-order chi connectivity index (χ1) is 10.6. The van der Waals surface area contributed by atoms with Crippen LogP contribution in [0.25, 0.3) is 5.57 Å². The van der Waals surface area contributed by atoms with E-state index in [2.05, 4.69) is 76.8 Å². The molecule has 118 valence electrons. The van der Waals surface area contributed by atoms with Crippen molar-refractivity contribution in [2.75, 3.05) is 0 Å². The number of benzene rings is 1. The van der Waals surface area contributed by atoms with Gasteiger partial charge in [-0.15, -0.1) is 0 Å². The highest BCUT2D eigenvalue weighted by Gasteiger charge is 2.28. The average molecular weight is 294 g/mol. The lowest BCUT2D eigenvalue weighted by Gasteiger charge is -2.28. The van der Waals surface area contributed by atoms with E-state index in [4.69, 9.17) is 0 Å². The highest BCUT2D eigenvalue weighted by molar-refractivity contribution is 5.78. The monoisotopic (exact) mass is 294 g/mol. The van der Waals surface area contributed by atoms with Gasteiger partial charge in [0.25, 0.3) is 0 Å². The molecule has 0 saturated heterocycles. The summed E-state index contributed by atoms with van der Waals surface area (Å²) in [6.45, 7) is 13.6. The molecule has 0 nitrogen and oxygen atoms in total. The second kappa shape index (κ2) is 7.63. The van der Waals surface area contributed by atoms with Crippen molar-refractivity contribution in [1.29, 1.82) is 0 Å². The zero-order chi connectivity index (χ0) is 16.1. The van der Waals surface area contributed by atoms with E-state index in [9.17, 15) is 0 Å². The summed E-state index contributed by atoms with van der Waals surface area (Å²) in [5, 5.41) is 0. The van der Waals surface area contributed by atoms with Crippen LogP contribution in [0, 0.1) is 17.8 Å². The SMILES string of the molecule is C=C(C(C)CCC)C(CC)C1C=C(c2ccccc2)C=C1C. The van der Waals surface area contributed by atoms with Gasteiger partial charge in [-0.3, -0.25) is 0 Å². The van der Waals surface area contributed by atoms with Gasteiger partial charge in [0, 0.05) is 5.92 Å². The van der Waals surface area contributed by atoms with Crippen molar-refractivity contribution in [1.82, 2.24) is 0 Å². The lowest BCUT2D eigenvalue weighted by molar-refractivity contribution is 0.431. The summed E-state index contributed by atoms with van der Waals surface area (Å²) in [5.41, 5.74) is 5.62. The number of allylic oxidation sites excluding steroid dienone is 5. The molecule has 2 rings (SSSR count). The molecule has 1 aromatic carbocycles. The maximum Gasteiger partial charge on any atom is 0.00519 e. The average Bonchev–Trinajstić information content (AvgIpc) is 2.91. The van der Waals surface area contributed by atoms with Crippen molar-refractivity contribution in [2.45, 2.75) is 47.0 Å². The van der Waals surface area contributed by atoms with Gasteiger partial charge in [-0.25, -0.2) is 0 Å². The van der Waals surface area contributed by atoms with Crippen LogP contribution in [0.3, 0.4) is 0 Å². The van der Waals surface area contributed by atoms with Crippen LogP contribution in [-0.4, -0.2) is 0 Å². The number of hydrogen-bond donors (Lipinski definition) is 0. The van der Waals surface area contributed by atoms with Crippen LogP contribution in [0.1, 0.15) is 52.5 Å². The molecular formula is C22H30. The molecule has 0 spiro atoms. The van der Waals surface area contributed by atoms with Gasteiger partial charge in [-0.1, -0.05) is 87.4 Å². The smallest absolute Gasteiger partial charge is 0.00519 e. The molecule has 0 heterocycles. The van der Waals surface area contributed by atoms with Crippen molar-refractivity contribution in [3.63, 3.8) is 0 Å². The van der Waals surface area contributed by atoms with E-state index in [1.54, 1.807) is 0 Å². The largest absolute Gasteiger partial charge is 0.0993 e. The molecule has 1 aliphatic rings. The van der Waals surface area contributed by atoms with E-state index in [1.165, 1.54) is 41.5 Å². The normalized spacial score (nSPS) is 20.3. The quantitative estimate of drug-likeness (QED) is 0.493. The van der Waals surface area contributed by atoms with E-state index >= 15 is 0 Å². The second-order valence-electron chi connectivity index (χ2n) is 6.68. The molecule has 0 heteroatoms. The zero-order valence-corrected chi connectivity index (χ0v) is 14.6. The minimum Gasteiger partial charge on any atom is -0.0993 e. The Labute approximate surface area is 136 Å². The first-order valence-electron chi connectivity index (χ1n) is 8.72. The first-order valence-corrected chi connectivity index (χ1v) is 8.72. The third-order valence-corrected chi connectivity index (χ3v) is 5.08. The Kier molecular flexibility index (Phi) is 5.83. The number of hydrogen-bond acceptors (Lipinski definition) is 0. The molecule has 0 amide bonds. The molecule has 0 N–H and O–H groups in total. The Hall–Kier alpha value is -1.56. The Morgan fingerprint density at radius 1 is 1.18 bits per heavy atom. The van der Waals surface area contributed by atoms with Gasteiger partial charge in [0.1, 0.15) is 0 Å². The van der Waals surface area contributed by atoms with Crippen molar-refractivity contribution < 1.29 is 0 Å². The summed E-state index contributed by atoms with van der Waals surface area (Å²) in [7, 11) is 0. The summed E-state index contributed by atoms with van der Waals surface area (Å²) in [5.74, 6) is 1.71. The fraction of sp³-hybridized carbons (Fsp3) is 0.455. The minimum atomic E-state index is 0.520. The summed E-state index contributed by atoms with van der Waals surface area (Å²) < 4.78 is 0. The van der Waals surface area contributed by atoms with Crippen molar-refractivity contribution in [3.05, 3.63) is 65.8 Å². The van der Waals surface area contributed by atoms with Crippen LogP contribution >= 0.6 is 0 Å². The third kappa shape index (κ3) is 3.61. The highest BCUT2D eigenvalue weighted by atomic mass is 14.3. The molecule has 1 aliphatic carbocycles. The van der Waals surface area contributed by atoms with E-state index in [0.29, 0.717) is 17.8 Å². The topological polar surface area (TPSA) is 0 Å². The van der Waals surface area contributed by atoms with Gasteiger partial charge in [0.15, 0.2) is 0 Å². The van der Waals surface area contributed by atoms with Crippen molar-refractivity contribution in [2.24, 2.45) is 17.8 Å². The highest BCUT2D eigenvalue weighted by Crippen LogP contribution is 2.40. The Morgan fingerprint density at radius 2 is 1.86 bits per heavy atom. The van der Waals surface area contributed by atoms with Gasteiger partial charge in [-0.05, 0) is 42.7 Å². The summed E-state index contributed by atoms with van der Waals surface area (Å²) in [4.78, 5) is 0. The maximum atomic E-state index is 4.46. The zero-order valence-electron chi connectivity index (χ0n) is 14.6. The summed E-state index contributed by atoms with van der Waals surface area (Å²) >= 11 is 0. The Morgan fingerprint density at radius 3 is 2.45 bits per heavy atom. The predicted octanol–water partition coefficient (Wildman–Crippen LogP) is 6.66. The number of rotatable bonds is 7. The van der Waals surface area contributed by atoms with Gasteiger partial charge >= 0.3 is 0 Å². The Balaban J connectivity index is 2.22. The van der Waals surface area contributed by atoms with E-state index in [1.807, 2.05) is 0 Å². The molecule has 0 aromatic heterocycles. The van der Waals surface area contributed by atoms with Crippen LogP contribution in [0.5, 0.6) is 0 Å². The molecule has 0 bridgehead atoms. The van der Waals surface area contributed by atoms with Crippen LogP contribution in [-0.2, 0) is 0 Å². The maximum absolute atomic E-state index is 4.46. The standard InChI is InChI=1S/C22H30/c1-6-11-16(3)18(5)21(7-2)22-15-20(14-17(22)4)19-12-9-8-10-13-19/h8-10,12-16,21-22H,5-7,11H2,1-4H3. The molecular weight excluding hydrogens is 264 g/mol. The summed E-state index contributed by atoms with van der Waals surface area (Å²) in [6.07, 6.45) is 8.48. The Bertz CT molecular complexity index is 559. The van der Waals surface area contributed by atoms with Crippen LogP contribution < -0.4 is 0 Å². The molecule has 0 radical (unpaired) electrons. The molecule has 0 aliphatic heterocycles. The van der Waals surface area contributed by atoms with Crippen LogP contribution in [0.4, 0.5) is 0 Å². The van der Waals surface area contributed by atoms with Gasteiger partial charge in [0.05, 0.1) is 0 Å². The fourth-order valence-corrected chi connectivity index (χ4v) is 3.69. The van der Waals surface area contributed by atoms with Gasteiger partial charge < -0.3 is 0 Å². The second-order valence-corrected chi connectivity index (χ2v) is 6.68. The predicted molar refractivity (Wildman–Crippen MR) is 98.7 cm³/mol. The summed E-state index contributed by atoms with van der Waals surface area (Å²) in [6, 6.07) is 10.7. The van der Waals surface area contributed by atoms with E-state index < -0.39 is 0 Å². The van der Waals surface area contributed by atoms with Gasteiger partial charge in [-0.2, -0.15) is 0 Å². The first kappa shape index (κ1) is 16.8. The molecule has 1 aromatic rings. The molecule has 0 saturated carbocycles. The van der Waals surface area contributed by atoms with Gasteiger partial charge in [0.2, 0.25) is 0 Å².